The van der Waals surface area contributed by atoms with Gasteiger partial charge in [-0.05, 0) is 41.5 Å². The molecule has 1 N–H and O–H groups in total. The highest BCUT2D eigenvalue weighted by Crippen LogP contribution is 2.30. The highest BCUT2D eigenvalue weighted by atomic mass is 16.6. The Morgan fingerprint density at radius 2 is 1.64 bits per heavy atom. The number of hydrogen-bond donors (Lipinski definition) is 1. The van der Waals surface area contributed by atoms with Crippen molar-refractivity contribution in [1.82, 2.24) is 5.43 Å². The summed E-state index contributed by atoms with van der Waals surface area (Å²) in [6.07, 6.45) is 1.31. The van der Waals surface area contributed by atoms with Gasteiger partial charge >= 0.3 is 0 Å². The van der Waals surface area contributed by atoms with Crippen LogP contribution in [0.25, 0.3) is 22.5 Å². The minimum atomic E-state index is -0.471. The highest BCUT2D eigenvalue weighted by molar-refractivity contribution is 5.82. The fourth-order valence-corrected chi connectivity index (χ4v) is 3.13. The van der Waals surface area contributed by atoms with Crippen LogP contribution in [0.15, 0.2) is 101 Å². The number of hydrogen-bond acceptors (Lipinski definition) is 6. The number of para-hydroxylation sites is 1. The summed E-state index contributed by atoms with van der Waals surface area (Å²) in [5.74, 6) is 0.788. The molecular weight excluding hydrogens is 422 g/mol. The summed E-state index contributed by atoms with van der Waals surface area (Å²) in [5, 5.41) is 15.0. The molecular formula is C25H19N3O5. The molecule has 0 radical (unpaired) electrons. The molecule has 0 bridgehead atoms. The molecule has 0 aliphatic heterocycles. The van der Waals surface area contributed by atoms with Crippen LogP contribution in [0.3, 0.4) is 0 Å². The molecule has 0 fully saturated rings. The molecule has 3 aromatic carbocycles. The summed E-state index contributed by atoms with van der Waals surface area (Å²) in [5.41, 5.74) is 4.80. The van der Waals surface area contributed by atoms with Crippen molar-refractivity contribution < 1.29 is 18.9 Å². The lowest BCUT2D eigenvalue weighted by molar-refractivity contribution is -0.384. The quantitative estimate of drug-likeness (QED) is 0.234. The van der Waals surface area contributed by atoms with Crippen LogP contribution < -0.4 is 10.2 Å². The minimum Gasteiger partial charge on any atom is -0.484 e. The number of carbonyl (C=O) groups excluding carboxylic acids is 1. The smallest absolute Gasteiger partial charge is 0.280 e. The van der Waals surface area contributed by atoms with Gasteiger partial charge in [0.1, 0.15) is 17.3 Å². The summed E-state index contributed by atoms with van der Waals surface area (Å²) in [7, 11) is 0. The number of amides is 1. The molecule has 33 heavy (non-hydrogen) atoms. The lowest BCUT2D eigenvalue weighted by Gasteiger charge is -2.06. The predicted octanol–water partition coefficient (Wildman–Crippen LogP) is 5.05. The van der Waals surface area contributed by atoms with E-state index in [4.69, 9.17) is 9.15 Å². The van der Waals surface area contributed by atoms with Crippen molar-refractivity contribution >= 4 is 17.8 Å². The van der Waals surface area contributed by atoms with E-state index in [-0.39, 0.29) is 12.3 Å². The fourth-order valence-electron chi connectivity index (χ4n) is 3.13. The molecule has 0 unspecified atom stereocenters. The van der Waals surface area contributed by atoms with Crippen molar-refractivity contribution in [2.75, 3.05) is 6.61 Å². The molecule has 1 amide bonds. The third-order valence-electron chi connectivity index (χ3n) is 4.71. The second kappa shape index (κ2) is 10.1. The van der Waals surface area contributed by atoms with E-state index in [0.29, 0.717) is 22.8 Å². The summed E-state index contributed by atoms with van der Waals surface area (Å²) >= 11 is 0. The molecule has 0 saturated carbocycles. The second-order valence-electron chi connectivity index (χ2n) is 6.95. The zero-order chi connectivity index (χ0) is 23.0. The first-order valence-electron chi connectivity index (χ1n) is 10.0. The third-order valence-corrected chi connectivity index (χ3v) is 4.71. The minimum absolute atomic E-state index is 0.0578. The van der Waals surface area contributed by atoms with Gasteiger partial charge in [0.25, 0.3) is 11.6 Å². The number of nitro groups is 1. The van der Waals surface area contributed by atoms with Gasteiger partial charge in [0.05, 0.1) is 16.7 Å². The van der Waals surface area contributed by atoms with Crippen molar-refractivity contribution in [2.45, 2.75) is 0 Å². The van der Waals surface area contributed by atoms with Gasteiger partial charge in [0.2, 0.25) is 0 Å². The predicted molar refractivity (Wildman–Crippen MR) is 124 cm³/mol. The molecule has 164 valence electrons. The maximum absolute atomic E-state index is 12.0. The van der Waals surface area contributed by atoms with Gasteiger partial charge in [-0.15, -0.1) is 0 Å². The second-order valence-corrected chi connectivity index (χ2v) is 6.95. The van der Waals surface area contributed by atoms with Gasteiger partial charge in [-0.3, -0.25) is 14.9 Å². The summed E-state index contributed by atoms with van der Waals surface area (Å²) in [6.45, 7) is -0.207. The van der Waals surface area contributed by atoms with E-state index < -0.39 is 10.8 Å². The van der Waals surface area contributed by atoms with E-state index in [1.165, 1.54) is 12.3 Å². The zero-order valence-electron chi connectivity index (χ0n) is 17.4. The molecule has 0 atom stereocenters. The maximum atomic E-state index is 12.0. The topological polar surface area (TPSA) is 107 Å². The third kappa shape index (κ3) is 5.50. The highest BCUT2D eigenvalue weighted by Gasteiger charge is 2.16. The van der Waals surface area contributed by atoms with Crippen LogP contribution >= 0.6 is 0 Å². The average molecular weight is 441 g/mol. The van der Waals surface area contributed by atoms with Crippen LogP contribution in [0.2, 0.25) is 0 Å². The first-order valence-corrected chi connectivity index (χ1v) is 10.0. The molecule has 0 aliphatic carbocycles. The number of nitrogens with one attached hydrogen (secondary N) is 1. The van der Waals surface area contributed by atoms with Crippen molar-refractivity contribution in [3.05, 3.63) is 107 Å². The Bertz CT molecular complexity index is 1280. The molecule has 4 rings (SSSR count). The average Bonchev–Trinajstić information content (AvgIpc) is 3.32. The molecule has 1 heterocycles. The van der Waals surface area contributed by atoms with Gasteiger partial charge in [0.15, 0.2) is 6.61 Å². The number of hydrazone groups is 1. The van der Waals surface area contributed by atoms with E-state index >= 15 is 0 Å². The number of nitrogens with zero attached hydrogens (tertiary/aromatic N) is 2. The van der Waals surface area contributed by atoms with E-state index in [1.807, 2.05) is 42.5 Å². The van der Waals surface area contributed by atoms with Crippen LogP contribution in [0.5, 0.6) is 5.75 Å². The van der Waals surface area contributed by atoms with Gasteiger partial charge < -0.3 is 9.15 Å². The fraction of sp³-hybridized carbons (Fsp3) is 0.0400. The maximum Gasteiger partial charge on any atom is 0.280 e. The first kappa shape index (κ1) is 21.5. The number of benzene rings is 3. The number of nitro benzene ring substituents is 1. The summed E-state index contributed by atoms with van der Waals surface area (Å²) in [6, 6.07) is 26.9. The van der Waals surface area contributed by atoms with Gasteiger partial charge in [-0.1, -0.05) is 54.6 Å². The van der Waals surface area contributed by atoms with Gasteiger partial charge in [-0.25, -0.2) is 5.43 Å². The van der Waals surface area contributed by atoms with Crippen LogP contribution in [0.1, 0.15) is 5.76 Å². The van der Waals surface area contributed by atoms with Gasteiger partial charge in [-0.2, -0.15) is 5.10 Å². The molecule has 8 heteroatoms. The van der Waals surface area contributed by atoms with Crippen molar-refractivity contribution in [2.24, 2.45) is 5.10 Å². The van der Waals surface area contributed by atoms with Crippen LogP contribution in [0.4, 0.5) is 5.69 Å². The van der Waals surface area contributed by atoms with Crippen LogP contribution in [-0.2, 0) is 4.79 Å². The van der Waals surface area contributed by atoms with Crippen molar-refractivity contribution in [3.63, 3.8) is 0 Å². The number of rotatable bonds is 8. The molecule has 0 spiro atoms. The van der Waals surface area contributed by atoms with E-state index in [9.17, 15) is 14.9 Å². The molecule has 1 aromatic heterocycles. The number of carbonyl (C=O) groups is 1. The largest absolute Gasteiger partial charge is 0.484 e. The Balaban J connectivity index is 1.29. The lowest BCUT2D eigenvalue weighted by atomic mass is 10.1. The zero-order valence-corrected chi connectivity index (χ0v) is 17.4. The normalized spacial score (nSPS) is 10.8. The molecule has 0 aliphatic rings. The monoisotopic (exact) mass is 441 g/mol. The van der Waals surface area contributed by atoms with E-state index in [2.05, 4.69) is 10.5 Å². The van der Waals surface area contributed by atoms with Crippen molar-refractivity contribution in [3.8, 4) is 28.2 Å². The lowest BCUT2D eigenvalue weighted by Crippen LogP contribution is -2.24. The Morgan fingerprint density at radius 3 is 2.39 bits per heavy atom. The Hall–Kier alpha value is -4.72. The van der Waals surface area contributed by atoms with Crippen molar-refractivity contribution in [1.29, 1.82) is 0 Å². The summed E-state index contributed by atoms with van der Waals surface area (Å²) < 4.78 is 11.1. The molecule has 4 aromatic rings. The van der Waals surface area contributed by atoms with Crippen LogP contribution in [0, 0.1) is 10.1 Å². The summed E-state index contributed by atoms with van der Waals surface area (Å²) in [4.78, 5) is 22.7. The van der Waals surface area contributed by atoms with Gasteiger partial charge in [0, 0.05) is 6.07 Å². The van der Waals surface area contributed by atoms with Crippen LogP contribution in [-0.4, -0.2) is 23.7 Å². The SMILES string of the molecule is O=C(COc1ccc(-c2ccccc2)cc1)NN=Cc1ccc(-c2ccccc2[N+](=O)[O-])o1. The van der Waals surface area contributed by atoms with E-state index in [1.54, 1.807) is 42.5 Å². The standard InChI is InChI=1S/C25H19N3O5/c29-25(17-32-20-12-10-19(11-13-20)18-6-2-1-3-7-18)27-26-16-21-14-15-24(33-21)22-8-4-5-9-23(22)28(30)31/h1-16H,17H2,(H,27,29). The Kier molecular flexibility index (Phi) is 6.56. The Morgan fingerprint density at radius 1 is 0.939 bits per heavy atom. The number of furan rings is 1. The Labute approximate surface area is 189 Å². The first-order chi connectivity index (χ1) is 16.1. The van der Waals surface area contributed by atoms with E-state index in [0.717, 1.165) is 11.1 Å². The molecule has 0 saturated heterocycles. The molecule has 8 nitrogen and oxygen atoms in total. The number of ether oxygens (including phenoxy) is 1.